The zero-order valence-electron chi connectivity index (χ0n) is 19.6. The van der Waals surface area contributed by atoms with Gasteiger partial charge in [0, 0.05) is 25.7 Å². The van der Waals surface area contributed by atoms with Crippen LogP contribution in [0.15, 0.2) is 0 Å². The predicted molar refractivity (Wildman–Crippen MR) is 85.1 cm³/mol. The molecule has 1 nitrogen and oxygen atoms in total. The van der Waals surface area contributed by atoms with Crippen molar-refractivity contribution in [3.05, 3.63) is 0 Å². The van der Waals surface area contributed by atoms with E-state index in [4.69, 9.17) is 0 Å². The quantitative estimate of drug-likeness (QED) is 0.163. The monoisotopic (exact) mass is 722 g/mol. The molecule has 0 saturated heterocycles. The van der Waals surface area contributed by atoms with E-state index in [0.29, 0.717) is 0 Å². The molecule has 0 radical (unpaired) electrons. The maximum absolute atomic E-state index is 13.6. The third-order valence-corrected chi connectivity index (χ3v) is 5.43. The fraction of sp³-hybridized carbons (Fsp3) is 0.941. The van der Waals surface area contributed by atoms with Crippen LogP contribution in [-0.2, 0) is 4.79 Å². The highest BCUT2D eigenvalue weighted by Gasteiger charge is 2.92. The van der Waals surface area contributed by atoms with Gasteiger partial charge in [0.05, 0.1) is 0 Å². The van der Waals surface area contributed by atoms with Crippen LogP contribution in [0.4, 0.5) is 114 Å². The van der Waals surface area contributed by atoms with E-state index in [2.05, 4.69) is 0 Å². The van der Waals surface area contributed by atoms with Crippen molar-refractivity contribution in [3.8, 4) is 0 Å². The zero-order valence-corrected chi connectivity index (χ0v) is 19.6. The smallest absolute Gasteiger partial charge is 0.300 e. The number of alkyl halides is 26. The van der Waals surface area contributed by atoms with Crippen LogP contribution in [0.3, 0.4) is 0 Å². The van der Waals surface area contributed by atoms with Gasteiger partial charge in [0.1, 0.15) is 5.78 Å². The summed E-state index contributed by atoms with van der Waals surface area (Å²) in [7, 11) is 0. The molecule has 27 heteroatoms. The molecule has 0 amide bonds. The van der Waals surface area contributed by atoms with Gasteiger partial charge in [0.2, 0.25) is 0 Å². The lowest BCUT2D eigenvalue weighted by Crippen LogP contribution is -2.70. The van der Waals surface area contributed by atoms with E-state index in [-0.39, 0.29) is 0 Å². The summed E-state index contributed by atoms with van der Waals surface area (Å²) in [6, 6.07) is 0. The Labute approximate surface area is 223 Å². The van der Waals surface area contributed by atoms with Crippen molar-refractivity contribution in [3.63, 3.8) is 0 Å². The highest BCUT2D eigenvalue weighted by molar-refractivity contribution is 5.78. The summed E-state index contributed by atoms with van der Waals surface area (Å²) < 4.78 is 337. The molecular formula is C17H8F26O. The van der Waals surface area contributed by atoms with E-state index in [1.165, 1.54) is 0 Å². The van der Waals surface area contributed by atoms with E-state index in [0.717, 1.165) is 0 Å². The molecule has 0 unspecified atom stereocenters. The average Bonchev–Trinajstić information content (AvgIpc) is 2.78. The first kappa shape index (κ1) is 41.9. The molecule has 0 N–H and O–H groups in total. The van der Waals surface area contributed by atoms with Crippen LogP contribution in [-0.4, -0.2) is 77.4 Å². The first-order valence-electron chi connectivity index (χ1n) is 10.0. The van der Waals surface area contributed by atoms with Crippen LogP contribution in [0.25, 0.3) is 0 Å². The molecule has 0 bridgehead atoms. The van der Waals surface area contributed by atoms with Crippen LogP contribution < -0.4 is 0 Å². The lowest BCUT2D eigenvalue weighted by molar-refractivity contribution is -0.440. The molecule has 0 aromatic carbocycles. The van der Waals surface area contributed by atoms with Gasteiger partial charge < -0.3 is 0 Å². The van der Waals surface area contributed by atoms with Crippen LogP contribution in [0.1, 0.15) is 25.7 Å². The fourth-order valence-electron chi connectivity index (χ4n) is 2.64. The molecule has 0 aliphatic rings. The SMILES string of the molecule is O=C(CCC(F)(F)C(F)(F)C(F)(F)C(F)(F)C(F)(F)C(F)(F)F)CCC(F)(F)C(F)(F)C(F)(F)C(F)(F)C(F)(F)C(F)(F)F. The summed E-state index contributed by atoms with van der Waals surface area (Å²) in [5.74, 6) is -82.5. The van der Waals surface area contributed by atoms with Crippen molar-refractivity contribution in [2.75, 3.05) is 0 Å². The Bertz CT molecular complexity index is 948. The highest BCUT2D eigenvalue weighted by Crippen LogP contribution is 2.62. The van der Waals surface area contributed by atoms with Crippen molar-refractivity contribution in [2.45, 2.75) is 97.3 Å². The van der Waals surface area contributed by atoms with Crippen molar-refractivity contribution >= 4 is 5.78 Å². The Kier molecular flexibility index (Phi) is 10.4. The van der Waals surface area contributed by atoms with Crippen molar-refractivity contribution in [2.24, 2.45) is 0 Å². The van der Waals surface area contributed by atoms with Crippen LogP contribution in [0.2, 0.25) is 0 Å². The molecule has 0 saturated carbocycles. The van der Waals surface area contributed by atoms with E-state index in [1.807, 2.05) is 0 Å². The predicted octanol–water partition coefficient (Wildman–Crippen LogP) is 9.59. The lowest BCUT2D eigenvalue weighted by Gasteiger charge is -2.40. The average molecular weight is 722 g/mol. The third-order valence-electron chi connectivity index (χ3n) is 5.43. The molecule has 0 aromatic heterocycles. The van der Waals surface area contributed by atoms with Crippen molar-refractivity contribution < 1.29 is 119 Å². The summed E-state index contributed by atoms with van der Waals surface area (Å²) in [6.07, 6.45) is -27.9. The van der Waals surface area contributed by atoms with Gasteiger partial charge in [0.25, 0.3) is 0 Å². The summed E-state index contributed by atoms with van der Waals surface area (Å²) >= 11 is 0. The number of rotatable bonds is 14. The topological polar surface area (TPSA) is 17.1 Å². The number of carbonyl (C=O) groups excluding carboxylic acids is 1. The molecule has 0 rings (SSSR count). The van der Waals surface area contributed by atoms with Gasteiger partial charge in [-0.15, -0.1) is 0 Å². The standard InChI is InChI=1S/C17H8F26O/c18-6(19,8(22,23)10(26,27)12(30,31)14(34,35)16(38,39)40)3-1-5(44)2-4-7(20,21)9(24,25)11(28,29)13(32,33)15(36,37)17(41,42)43/h1-4H2. The van der Waals surface area contributed by atoms with Gasteiger partial charge in [-0.2, -0.15) is 114 Å². The number of ketones is 1. The maximum Gasteiger partial charge on any atom is 0.460 e. The number of Topliss-reactive ketones (excluding diaryl/α,β-unsaturated/α-hetero) is 1. The second-order valence-electron chi connectivity index (χ2n) is 8.54. The minimum absolute atomic E-state index is 2.72. The van der Waals surface area contributed by atoms with Crippen molar-refractivity contribution in [1.82, 2.24) is 0 Å². The molecule has 0 aromatic rings. The number of halogens is 26. The first-order chi connectivity index (χ1) is 18.6. The van der Waals surface area contributed by atoms with Crippen molar-refractivity contribution in [1.29, 1.82) is 0 Å². The van der Waals surface area contributed by atoms with Crippen LogP contribution in [0.5, 0.6) is 0 Å². The molecule has 0 aliphatic heterocycles. The van der Waals surface area contributed by atoms with Gasteiger partial charge in [-0.05, 0) is 0 Å². The Morgan fingerprint density at radius 3 is 0.659 bits per heavy atom. The molecule has 0 heterocycles. The van der Waals surface area contributed by atoms with Crippen LogP contribution in [0, 0.1) is 0 Å². The van der Waals surface area contributed by atoms with Crippen LogP contribution >= 0.6 is 0 Å². The third kappa shape index (κ3) is 6.03. The molecule has 44 heavy (non-hydrogen) atoms. The molecule has 0 atom stereocenters. The minimum Gasteiger partial charge on any atom is -0.300 e. The first-order valence-corrected chi connectivity index (χ1v) is 10.0. The fourth-order valence-corrected chi connectivity index (χ4v) is 2.64. The van der Waals surface area contributed by atoms with Gasteiger partial charge in [-0.1, -0.05) is 0 Å². The zero-order chi connectivity index (χ0) is 36.4. The Hall–Kier alpha value is -2.15. The van der Waals surface area contributed by atoms with E-state index in [1.54, 1.807) is 0 Å². The minimum atomic E-state index is -8.39. The van der Waals surface area contributed by atoms with E-state index >= 15 is 0 Å². The van der Waals surface area contributed by atoms with E-state index < -0.39 is 103 Å². The second kappa shape index (κ2) is 11.0. The number of hydrogen-bond donors (Lipinski definition) is 0. The largest absolute Gasteiger partial charge is 0.460 e. The molecule has 264 valence electrons. The van der Waals surface area contributed by atoms with Gasteiger partial charge in [0.15, 0.2) is 0 Å². The molecule has 0 spiro atoms. The summed E-state index contributed by atoms with van der Waals surface area (Å²) in [4.78, 5) is 11.3. The molecular weight excluding hydrogens is 714 g/mol. The highest BCUT2D eigenvalue weighted by atomic mass is 19.4. The van der Waals surface area contributed by atoms with Gasteiger partial charge in [-0.25, -0.2) is 0 Å². The Morgan fingerprint density at radius 2 is 0.477 bits per heavy atom. The van der Waals surface area contributed by atoms with Gasteiger partial charge >= 0.3 is 71.6 Å². The number of carbonyl (C=O) groups is 1. The summed E-state index contributed by atoms with van der Waals surface area (Å²) in [5.41, 5.74) is 0. The second-order valence-corrected chi connectivity index (χ2v) is 8.54. The summed E-state index contributed by atoms with van der Waals surface area (Å²) in [5, 5.41) is 0. The maximum atomic E-state index is 13.6. The Balaban J connectivity index is 6.02. The van der Waals surface area contributed by atoms with Gasteiger partial charge in [-0.3, -0.25) is 4.79 Å². The lowest BCUT2D eigenvalue weighted by atomic mass is 9.90. The summed E-state index contributed by atoms with van der Waals surface area (Å²) in [6.45, 7) is 0. The molecule has 0 fully saturated rings. The number of hydrogen-bond acceptors (Lipinski definition) is 1. The van der Waals surface area contributed by atoms with E-state index in [9.17, 15) is 119 Å². The Morgan fingerprint density at radius 1 is 0.295 bits per heavy atom. The molecule has 0 aliphatic carbocycles. The normalized spacial score (nSPS) is 16.4.